The number of nitriles is 1. The van der Waals surface area contributed by atoms with Gasteiger partial charge in [0, 0.05) is 18.8 Å². The number of nitrogens with one attached hydrogen (secondary N) is 2. The van der Waals surface area contributed by atoms with Crippen molar-refractivity contribution in [2.45, 2.75) is 6.54 Å². The van der Waals surface area contributed by atoms with Crippen LogP contribution in [0.15, 0.2) is 60.3 Å². The summed E-state index contributed by atoms with van der Waals surface area (Å²) in [7, 11) is 0. The lowest BCUT2D eigenvalue weighted by atomic mass is 10.1. The normalized spacial score (nSPS) is 10.6. The summed E-state index contributed by atoms with van der Waals surface area (Å²) in [5.74, 6) is -1.83. The zero-order valence-electron chi connectivity index (χ0n) is 13.9. The van der Waals surface area contributed by atoms with E-state index in [1.54, 1.807) is 18.2 Å². The molecule has 0 radical (unpaired) electrons. The van der Waals surface area contributed by atoms with Crippen molar-refractivity contribution < 1.29 is 19.6 Å². The van der Waals surface area contributed by atoms with E-state index < -0.39 is 16.8 Å². The van der Waals surface area contributed by atoms with Crippen molar-refractivity contribution in [3.05, 3.63) is 81.5 Å². The fourth-order valence-corrected chi connectivity index (χ4v) is 2.11. The van der Waals surface area contributed by atoms with Gasteiger partial charge in [0.2, 0.25) is 0 Å². The zero-order valence-corrected chi connectivity index (χ0v) is 13.9. The number of rotatable bonds is 7. The Hall–Kier alpha value is -4.19. The number of hydrogen-bond donors (Lipinski definition) is 3. The van der Waals surface area contributed by atoms with E-state index in [0.717, 1.165) is 5.56 Å². The molecule has 0 bridgehead atoms. The molecule has 0 aliphatic heterocycles. The van der Waals surface area contributed by atoms with Crippen molar-refractivity contribution in [1.82, 2.24) is 5.32 Å². The van der Waals surface area contributed by atoms with Gasteiger partial charge in [-0.1, -0.05) is 24.3 Å². The second kappa shape index (κ2) is 8.77. The molecule has 27 heavy (non-hydrogen) atoms. The van der Waals surface area contributed by atoms with Gasteiger partial charge in [0.05, 0.1) is 10.5 Å². The lowest BCUT2D eigenvalue weighted by Crippen LogP contribution is -2.17. The maximum absolute atomic E-state index is 12.2. The standard InChI is InChI=1S/C18H14N4O5/c19-9-14(11-20-10-12-5-7-13(8-6-12)18(24)25)17(23)21-15-3-1-2-4-16(15)22(26)27/h1-8,11,20H,10H2,(H,21,23)(H,24,25)/b14-11-. The number of benzene rings is 2. The molecule has 0 saturated carbocycles. The first kappa shape index (κ1) is 19.1. The molecule has 2 rings (SSSR count). The molecule has 3 N–H and O–H groups in total. The number of para-hydroxylation sites is 2. The number of carbonyl (C=O) groups is 2. The highest BCUT2D eigenvalue weighted by atomic mass is 16.6. The van der Waals surface area contributed by atoms with Crippen molar-refractivity contribution in [2.75, 3.05) is 5.32 Å². The van der Waals surface area contributed by atoms with Gasteiger partial charge in [-0.15, -0.1) is 0 Å². The van der Waals surface area contributed by atoms with E-state index >= 15 is 0 Å². The molecule has 0 spiro atoms. The van der Waals surface area contributed by atoms with E-state index in [-0.39, 0.29) is 29.1 Å². The lowest BCUT2D eigenvalue weighted by molar-refractivity contribution is -0.383. The number of nitro groups is 1. The minimum Gasteiger partial charge on any atom is -0.478 e. The SMILES string of the molecule is N#C/C(=C/NCc1ccc(C(=O)O)cc1)C(=O)Nc1ccccc1[N+](=O)[O-]. The number of nitrogens with zero attached hydrogens (tertiary/aromatic N) is 2. The third-order valence-electron chi connectivity index (χ3n) is 3.47. The van der Waals surface area contributed by atoms with E-state index in [0.29, 0.717) is 0 Å². The fourth-order valence-electron chi connectivity index (χ4n) is 2.11. The minimum atomic E-state index is -1.03. The Bertz CT molecular complexity index is 945. The van der Waals surface area contributed by atoms with Gasteiger partial charge in [-0.05, 0) is 23.8 Å². The fraction of sp³-hybridized carbons (Fsp3) is 0.0556. The van der Waals surface area contributed by atoms with Gasteiger partial charge in [-0.3, -0.25) is 14.9 Å². The second-order valence-corrected chi connectivity index (χ2v) is 5.28. The quantitative estimate of drug-likeness (QED) is 0.295. The van der Waals surface area contributed by atoms with Gasteiger partial charge in [-0.25, -0.2) is 4.79 Å². The molecule has 0 aromatic heterocycles. The van der Waals surface area contributed by atoms with Crippen molar-refractivity contribution in [1.29, 1.82) is 5.26 Å². The molecule has 0 atom stereocenters. The average Bonchev–Trinajstić information content (AvgIpc) is 2.65. The van der Waals surface area contributed by atoms with Crippen LogP contribution in [0.2, 0.25) is 0 Å². The number of nitro benzene ring substituents is 1. The number of hydrogen-bond acceptors (Lipinski definition) is 6. The average molecular weight is 366 g/mol. The monoisotopic (exact) mass is 366 g/mol. The summed E-state index contributed by atoms with van der Waals surface area (Å²) in [6.45, 7) is 0.254. The number of carbonyl (C=O) groups excluding carboxylic acids is 1. The second-order valence-electron chi connectivity index (χ2n) is 5.28. The van der Waals surface area contributed by atoms with Gasteiger partial charge in [0.25, 0.3) is 11.6 Å². The van der Waals surface area contributed by atoms with E-state index in [1.807, 2.05) is 0 Å². The topological polar surface area (TPSA) is 145 Å². The number of aromatic carboxylic acids is 1. The molecule has 0 heterocycles. The van der Waals surface area contributed by atoms with E-state index in [1.165, 1.54) is 42.6 Å². The highest BCUT2D eigenvalue weighted by Gasteiger charge is 2.17. The molecule has 0 unspecified atom stereocenters. The van der Waals surface area contributed by atoms with E-state index in [9.17, 15) is 19.7 Å². The summed E-state index contributed by atoms with van der Waals surface area (Å²) in [5, 5.41) is 34.1. The van der Waals surface area contributed by atoms with Crippen LogP contribution in [0.4, 0.5) is 11.4 Å². The molecule has 0 aliphatic rings. The van der Waals surface area contributed by atoms with Crippen LogP contribution >= 0.6 is 0 Å². The van der Waals surface area contributed by atoms with Crippen molar-refractivity contribution in [3.63, 3.8) is 0 Å². The van der Waals surface area contributed by atoms with Crippen LogP contribution in [-0.2, 0) is 11.3 Å². The van der Waals surface area contributed by atoms with Crippen LogP contribution < -0.4 is 10.6 Å². The first-order valence-corrected chi connectivity index (χ1v) is 7.63. The summed E-state index contributed by atoms with van der Waals surface area (Å²) in [5.41, 5.74) is 0.325. The summed E-state index contributed by atoms with van der Waals surface area (Å²) < 4.78 is 0. The van der Waals surface area contributed by atoms with Crippen LogP contribution in [0.3, 0.4) is 0 Å². The summed E-state index contributed by atoms with van der Waals surface area (Å²) >= 11 is 0. The van der Waals surface area contributed by atoms with Gasteiger partial charge >= 0.3 is 5.97 Å². The Morgan fingerprint density at radius 2 is 1.85 bits per heavy atom. The highest BCUT2D eigenvalue weighted by molar-refractivity contribution is 6.07. The van der Waals surface area contributed by atoms with Gasteiger partial charge < -0.3 is 15.7 Å². The number of carboxylic acids is 1. The zero-order chi connectivity index (χ0) is 19.8. The lowest BCUT2D eigenvalue weighted by Gasteiger charge is -2.06. The van der Waals surface area contributed by atoms with Crippen molar-refractivity contribution >= 4 is 23.3 Å². The molecular formula is C18H14N4O5. The number of anilines is 1. The van der Waals surface area contributed by atoms with Gasteiger partial charge in [0.1, 0.15) is 17.3 Å². The molecule has 0 saturated heterocycles. The van der Waals surface area contributed by atoms with Crippen LogP contribution in [-0.4, -0.2) is 21.9 Å². The van der Waals surface area contributed by atoms with Gasteiger partial charge in [0.15, 0.2) is 0 Å². The summed E-state index contributed by atoms with van der Waals surface area (Å²) in [4.78, 5) is 33.3. The van der Waals surface area contributed by atoms with Crippen LogP contribution in [0.1, 0.15) is 15.9 Å². The third-order valence-corrected chi connectivity index (χ3v) is 3.47. The molecule has 0 fully saturated rings. The summed E-state index contributed by atoms with van der Waals surface area (Å²) in [6, 6.07) is 13.4. The predicted molar refractivity (Wildman–Crippen MR) is 95.7 cm³/mol. The molecule has 1 amide bonds. The maximum Gasteiger partial charge on any atom is 0.335 e. The minimum absolute atomic E-state index is 0.0158. The molecule has 2 aromatic rings. The molecule has 9 heteroatoms. The molecule has 9 nitrogen and oxygen atoms in total. The van der Waals surface area contributed by atoms with Crippen LogP contribution in [0.25, 0.3) is 0 Å². The van der Waals surface area contributed by atoms with E-state index in [2.05, 4.69) is 10.6 Å². The Morgan fingerprint density at radius 1 is 1.19 bits per heavy atom. The van der Waals surface area contributed by atoms with Crippen LogP contribution in [0.5, 0.6) is 0 Å². The van der Waals surface area contributed by atoms with E-state index in [4.69, 9.17) is 10.4 Å². The summed E-state index contributed by atoms with van der Waals surface area (Å²) in [6.07, 6.45) is 1.19. The van der Waals surface area contributed by atoms with Crippen molar-refractivity contribution in [2.24, 2.45) is 0 Å². The Kier molecular flexibility index (Phi) is 6.22. The smallest absolute Gasteiger partial charge is 0.335 e. The predicted octanol–water partition coefficient (Wildman–Crippen LogP) is 2.43. The largest absolute Gasteiger partial charge is 0.478 e. The van der Waals surface area contributed by atoms with Crippen molar-refractivity contribution in [3.8, 4) is 6.07 Å². The first-order chi connectivity index (χ1) is 12.9. The Labute approximate surface area is 153 Å². The molecular weight excluding hydrogens is 352 g/mol. The highest BCUT2D eigenvalue weighted by Crippen LogP contribution is 2.23. The molecule has 0 aliphatic carbocycles. The Morgan fingerprint density at radius 3 is 2.44 bits per heavy atom. The third kappa shape index (κ3) is 5.14. The Balaban J connectivity index is 2.03. The van der Waals surface area contributed by atoms with Gasteiger partial charge in [-0.2, -0.15) is 5.26 Å². The first-order valence-electron chi connectivity index (χ1n) is 7.63. The number of carboxylic acid groups (broad SMARTS) is 1. The molecule has 2 aromatic carbocycles. The van der Waals surface area contributed by atoms with Crippen LogP contribution in [0, 0.1) is 21.4 Å². The number of amides is 1. The molecule has 136 valence electrons. The maximum atomic E-state index is 12.2.